The largest absolute Gasteiger partial charge is 5.00 e. The molecular formula is C100H110O25V4. The second kappa shape index (κ2) is 55.4. The summed E-state index contributed by atoms with van der Waals surface area (Å²) >= 11 is 0. The molecule has 0 spiro atoms. The molecule has 25 nitrogen and oxygen atoms in total. The summed E-state index contributed by atoms with van der Waals surface area (Å²) in [4.78, 5) is 0. The average molecular weight is 1920 g/mol. The van der Waals surface area contributed by atoms with Crippen molar-refractivity contribution in [3.05, 3.63) is 359 Å². The van der Waals surface area contributed by atoms with Crippen molar-refractivity contribution in [1.82, 2.24) is 0 Å². The fourth-order valence-corrected chi connectivity index (χ4v) is 14.2. The molecule has 0 bridgehead atoms. The maximum absolute atomic E-state index is 13.4. The predicted molar refractivity (Wildman–Crippen MR) is 427 cm³/mol. The van der Waals surface area contributed by atoms with E-state index in [-0.39, 0.29) is 130 Å². The van der Waals surface area contributed by atoms with Crippen LogP contribution in [0, 0.1) is 0 Å². The summed E-state index contributed by atoms with van der Waals surface area (Å²) in [6.45, 7) is 13.5. The summed E-state index contributed by atoms with van der Waals surface area (Å²) in [6, 6.07) is 80.8. The summed E-state index contributed by atoms with van der Waals surface area (Å²) in [7, 11) is 0. The van der Waals surface area contributed by atoms with E-state index in [1.165, 1.54) is 191 Å². The topological polar surface area (TPSA) is 507 Å². The molecule has 0 N–H and O–H groups in total. The van der Waals surface area contributed by atoms with Gasteiger partial charge in [0.05, 0.1) is 0 Å². The molecule has 0 saturated carbocycles. The normalized spacial score (nSPS) is 18.2. The summed E-state index contributed by atoms with van der Waals surface area (Å²) in [5.41, 5.74) is 2.01. The standard InChI is InChI=1S/5C20H22O5.4V/c5*1-15(21)13-19(23,17-9-5-3-6-10-17)25-20(24,14-16(2)22)18-11-7-4-8-12-18;;;;/h5*3-12,15-16H,13-14H2,1-2H3;;;;/q5*-4;4*+5. The van der Waals surface area contributed by atoms with E-state index in [1.807, 2.05) is 0 Å². The number of ether oxygens (including phenoxy) is 5. The SMILES string of the molecule is CC([O-])CC([O-])(OC([O-])(CC(C)[O-])c1ccccc1)c1ccccc1.CC([O-])CC([O-])(OC([O-])(CC(C)[O-])c1ccccc1)c1ccccc1.CC([O-])CC([O-])(OC([O-])(CC(C)[O-])c1ccccc1)c1ccccc1.CC([O-])CC([O-])(OC([O-])(CC(C)[O-])c1ccccc1)c1ccccc1.CC([O-])CC([O-])(OC([O-])(CC(C)[O-])c1ccccc1)c1ccccc1.[V+5].[V+5].[V+5].[V+5]. The van der Waals surface area contributed by atoms with Crippen LogP contribution in [0.2, 0.25) is 0 Å². The summed E-state index contributed by atoms with van der Waals surface area (Å²) in [5, 5.41) is 251. The van der Waals surface area contributed by atoms with E-state index in [0.29, 0.717) is 0 Å². The van der Waals surface area contributed by atoms with Crippen LogP contribution in [-0.4, -0.2) is 61.0 Å². The summed E-state index contributed by atoms with van der Waals surface area (Å²) in [5.74, 6) is -23.2. The van der Waals surface area contributed by atoms with E-state index in [1.54, 1.807) is 182 Å². The van der Waals surface area contributed by atoms with Crippen LogP contribution in [0.3, 0.4) is 0 Å². The van der Waals surface area contributed by atoms with Crippen LogP contribution in [0.25, 0.3) is 0 Å². The average Bonchev–Trinajstić information content (AvgIpc) is 0.802. The molecule has 129 heavy (non-hydrogen) atoms. The van der Waals surface area contributed by atoms with Gasteiger partial charge in [0.1, 0.15) is 0 Å². The van der Waals surface area contributed by atoms with Crippen LogP contribution in [0.15, 0.2) is 303 Å². The number of benzene rings is 10. The Morgan fingerprint density at radius 3 is 0.264 bits per heavy atom. The Labute approximate surface area is 805 Å². The van der Waals surface area contributed by atoms with Crippen molar-refractivity contribution >= 4 is 0 Å². The van der Waals surface area contributed by atoms with Gasteiger partial charge in [-0.1, -0.05) is 373 Å². The van der Waals surface area contributed by atoms with Crippen LogP contribution < -0.4 is 102 Å². The van der Waals surface area contributed by atoms with E-state index < -0.39 is 183 Å². The molecule has 0 aliphatic rings. The molecule has 0 aliphatic carbocycles. The minimum Gasteiger partial charge on any atom is -0.852 e. The van der Waals surface area contributed by atoms with E-state index in [2.05, 4.69) is 0 Å². The van der Waals surface area contributed by atoms with Crippen molar-refractivity contribution in [2.75, 3.05) is 0 Å². The molecular weight excluding hydrogens is 1800 g/mol. The van der Waals surface area contributed by atoms with Crippen molar-refractivity contribution in [2.24, 2.45) is 0 Å². The molecule has 0 aromatic heterocycles. The second-order valence-corrected chi connectivity index (χ2v) is 31.8. The van der Waals surface area contributed by atoms with Gasteiger partial charge in [-0.2, -0.15) is 0 Å². The van der Waals surface area contributed by atoms with Crippen molar-refractivity contribution < 1.29 is 200 Å². The van der Waals surface area contributed by atoms with Gasteiger partial charge < -0.3 is 126 Å². The Morgan fingerprint density at radius 2 is 0.209 bits per heavy atom. The first-order valence-electron chi connectivity index (χ1n) is 41.4. The molecule has 0 heterocycles. The van der Waals surface area contributed by atoms with Gasteiger partial charge in [-0.15, -0.1) is 61.0 Å². The zero-order chi connectivity index (χ0) is 92.5. The maximum Gasteiger partial charge on any atom is 5.00 e. The van der Waals surface area contributed by atoms with Gasteiger partial charge in [-0.3, -0.25) is 0 Å². The van der Waals surface area contributed by atoms with Crippen LogP contribution in [-0.2, 0) is 156 Å². The quantitative estimate of drug-likeness (QED) is 0.0396. The zero-order valence-electron chi connectivity index (χ0n) is 73.7. The van der Waals surface area contributed by atoms with Crippen molar-refractivity contribution in [1.29, 1.82) is 0 Å². The van der Waals surface area contributed by atoms with E-state index in [4.69, 9.17) is 23.7 Å². The first kappa shape index (κ1) is 119. The van der Waals surface area contributed by atoms with Gasteiger partial charge in [0, 0.05) is 57.9 Å². The van der Waals surface area contributed by atoms with E-state index in [0.717, 1.165) is 0 Å². The van der Waals surface area contributed by atoms with Crippen molar-refractivity contribution in [3.63, 3.8) is 0 Å². The third kappa shape index (κ3) is 38.1. The Hall–Kier alpha value is -6.46. The molecule has 0 aliphatic heterocycles. The molecule has 0 amide bonds. The Balaban J connectivity index is 0.000000542. The fourth-order valence-electron chi connectivity index (χ4n) is 14.2. The predicted octanol–water partition coefficient (Wildman–Crippen LogP) is -1.47. The Morgan fingerprint density at radius 1 is 0.147 bits per heavy atom. The molecule has 0 radical (unpaired) electrons. The second-order valence-electron chi connectivity index (χ2n) is 31.8. The van der Waals surface area contributed by atoms with E-state index in [9.17, 15) is 102 Å². The van der Waals surface area contributed by atoms with Crippen LogP contribution in [0.4, 0.5) is 0 Å². The van der Waals surface area contributed by atoms with Gasteiger partial charge in [0.25, 0.3) is 0 Å². The molecule has 0 fully saturated rings. The number of hydrogen-bond donors (Lipinski definition) is 0. The third-order valence-electron chi connectivity index (χ3n) is 19.3. The molecule has 0 saturated heterocycles. The third-order valence-corrected chi connectivity index (χ3v) is 19.3. The minimum atomic E-state index is -2.32. The van der Waals surface area contributed by atoms with Crippen LogP contribution in [0.5, 0.6) is 0 Å². The molecule has 20 atom stereocenters. The Bertz CT molecular complexity index is 3640. The summed E-state index contributed by atoms with van der Waals surface area (Å²) in [6.07, 6.45) is -16.4. The number of rotatable bonds is 40. The number of hydrogen-bond acceptors (Lipinski definition) is 25. The first-order valence-corrected chi connectivity index (χ1v) is 41.4. The van der Waals surface area contributed by atoms with Crippen LogP contribution in [0.1, 0.15) is 189 Å². The fraction of sp³-hybridized carbons (Fsp3) is 0.400. The first-order chi connectivity index (χ1) is 58.8. The molecule has 20 unspecified atom stereocenters. The smallest absolute Gasteiger partial charge is 0.852 e. The van der Waals surface area contributed by atoms with Gasteiger partial charge in [-0.05, 0) is 120 Å². The summed E-state index contributed by atoms with van der Waals surface area (Å²) < 4.78 is 27.5. The Kier molecular flexibility index (Phi) is 50.9. The monoisotopic (exact) mass is 1910 g/mol. The van der Waals surface area contributed by atoms with Gasteiger partial charge in [-0.25, -0.2) is 0 Å². The van der Waals surface area contributed by atoms with Gasteiger partial charge in [0.2, 0.25) is 0 Å². The molecule has 680 valence electrons. The minimum absolute atomic E-state index is 0. The molecule has 10 rings (SSSR count). The zero-order valence-corrected chi connectivity index (χ0v) is 79.3. The molecule has 10 aromatic carbocycles. The molecule has 10 aromatic rings. The van der Waals surface area contributed by atoms with E-state index >= 15 is 0 Å². The van der Waals surface area contributed by atoms with Gasteiger partial charge >= 0.3 is 74.2 Å². The molecule has 29 heteroatoms. The maximum atomic E-state index is 13.4. The van der Waals surface area contributed by atoms with Crippen LogP contribution >= 0.6 is 0 Å². The van der Waals surface area contributed by atoms with Crippen molar-refractivity contribution in [3.8, 4) is 0 Å². The van der Waals surface area contributed by atoms with Gasteiger partial charge in [0.15, 0.2) is 0 Å². The van der Waals surface area contributed by atoms with Crippen molar-refractivity contribution in [2.45, 2.75) is 252 Å².